The van der Waals surface area contributed by atoms with Gasteiger partial charge in [-0.2, -0.15) is 5.10 Å². The highest BCUT2D eigenvalue weighted by atomic mass is 16.5. The van der Waals surface area contributed by atoms with E-state index < -0.39 is 0 Å². The number of fused-ring (bicyclic) bond motifs is 1. The fourth-order valence-electron chi connectivity index (χ4n) is 4.18. The summed E-state index contributed by atoms with van der Waals surface area (Å²) in [6.45, 7) is 6.02. The minimum Gasteiger partial charge on any atom is -0.372 e. The zero-order valence-electron chi connectivity index (χ0n) is 15.4. The first-order valence-corrected chi connectivity index (χ1v) is 9.87. The van der Waals surface area contributed by atoms with Crippen LogP contribution >= 0.6 is 0 Å². The number of amides is 1. The summed E-state index contributed by atoms with van der Waals surface area (Å²) in [4.78, 5) is 28.5. The minimum atomic E-state index is 0.0410. The summed E-state index contributed by atoms with van der Waals surface area (Å²) in [6, 6.07) is 1.80. The van der Waals surface area contributed by atoms with Gasteiger partial charge in [0, 0.05) is 51.3 Å². The molecule has 3 heterocycles. The molecule has 0 N–H and O–H groups in total. The van der Waals surface area contributed by atoms with Gasteiger partial charge in [0.05, 0.1) is 12.2 Å². The molecule has 2 saturated heterocycles. The third kappa shape index (κ3) is 3.99. The Labute approximate surface area is 153 Å². The van der Waals surface area contributed by atoms with Crippen molar-refractivity contribution in [1.29, 1.82) is 0 Å². The maximum atomic E-state index is 12.3. The average Bonchev–Trinajstić information content (AvgIpc) is 2.81. The van der Waals surface area contributed by atoms with Crippen LogP contribution in [0.3, 0.4) is 0 Å². The molecule has 0 bridgehead atoms. The van der Waals surface area contributed by atoms with Gasteiger partial charge in [-0.05, 0) is 37.7 Å². The van der Waals surface area contributed by atoms with E-state index in [-0.39, 0.29) is 18.1 Å². The van der Waals surface area contributed by atoms with E-state index in [9.17, 15) is 9.59 Å². The number of carbonyl (C=O) groups is 1. The highest BCUT2D eigenvalue weighted by molar-refractivity contribution is 5.77. The second-order valence-corrected chi connectivity index (χ2v) is 7.76. The summed E-state index contributed by atoms with van der Waals surface area (Å²) in [7, 11) is 0. The number of aromatic nitrogens is 2. The second kappa shape index (κ2) is 7.88. The van der Waals surface area contributed by atoms with Crippen LogP contribution in [-0.2, 0) is 28.9 Å². The molecule has 1 aromatic rings. The molecule has 2 fully saturated rings. The van der Waals surface area contributed by atoms with E-state index in [4.69, 9.17) is 4.74 Å². The number of hydrogen-bond donors (Lipinski definition) is 0. The van der Waals surface area contributed by atoms with Crippen molar-refractivity contribution in [2.75, 3.05) is 45.9 Å². The third-order valence-electron chi connectivity index (χ3n) is 5.72. The summed E-state index contributed by atoms with van der Waals surface area (Å²) in [6.07, 6.45) is 5.26. The standard InChI is InChI=1S/C19H28N4O3/c24-18-10-16-4-1-2-5-17(16)20-23(18)13-15-11-21(12-15)7-8-22-6-3-9-26-14-19(22)25/h10,15H,1-9,11-14H2. The number of likely N-dealkylation sites (tertiary alicyclic amines) is 1. The van der Waals surface area contributed by atoms with Crippen LogP contribution in [0.4, 0.5) is 0 Å². The van der Waals surface area contributed by atoms with Crippen molar-refractivity contribution in [3.63, 3.8) is 0 Å². The summed E-state index contributed by atoms with van der Waals surface area (Å²) < 4.78 is 6.94. The summed E-state index contributed by atoms with van der Waals surface area (Å²) in [5.74, 6) is 0.578. The minimum absolute atomic E-state index is 0.0410. The quantitative estimate of drug-likeness (QED) is 0.756. The molecule has 0 aromatic carbocycles. The lowest BCUT2D eigenvalue weighted by atomic mass is 9.96. The normalized spacial score (nSPS) is 22.0. The highest BCUT2D eigenvalue weighted by Gasteiger charge is 2.28. The molecular weight excluding hydrogens is 332 g/mol. The lowest BCUT2D eigenvalue weighted by Crippen LogP contribution is -2.52. The number of nitrogens with zero attached hydrogens (tertiary/aromatic N) is 4. The molecular formula is C19H28N4O3. The van der Waals surface area contributed by atoms with Gasteiger partial charge < -0.3 is 14.5 Å². The summed E-state index contributed by atoms with van der Waals surface area (Å²) in [5.41, 5.74) is 2.31. The zero-order valence-corrected chi connectivity index (χ0v) is 15.4. The molecule has 142 valence electrons. The second-order valence-electron chi connectivity index (χ2n) is 7.76. The van der Waals surface area contributed by atoms with Gasteiger partial charge in [0.15, 0.2) is 0 Å². The topological polar surface area (TPSA) is 67.7 Å². The van der Waals surface area contributed by atoms with E-state index in [0.29, 0.717) is 19.1 Å². The van der Waals surface area contributed by atoms with Gasteiger partial charge in [-0.25, -0.2) is 4.68 Å². The Bertz CT molecular complexity index is 711. The number of aryl methyl sites for hydroxylation is 2. The molecule has 0 spiro atoms. The summed E-state index contributed by atoms with van der Waals surface area (Å²) in [5, 5.41) is 4.62. The molecule has 0 saturated carbocycles. The van der Waals surface area contributed by atoms with Crippen LogP contribution in [0.25, 0.3) is 0 Å². The van der Waals surface area contributed by atoms with E-state index in [0.717, 1.165) is 63.2 Å². The smallest absolute Gasteiger partial charge is 0.267 e. The van der Waals surface area contributed by atoms with Gasteiger partial charge in [-0.1, -0.05) is 0 Å². The van der Waals surface area contributed by atoms with Gasteiger partial charge >= 0.3 is 0 Å². The van der Waals surface area contributed by atoms with Crippen molar-refractivity contribution < 1.29 is 9.53 Å². The molecule has 4 rings (SSSR count). The molecule has 26 heavy (non-hydrogen) atoms. The Hall–Kier alpha value is -1.73. The molecule has 3 aliphatic rings. The fraction of sp³-hybridized carbons (Fsp3) is 0.737. The fourth-order valence-corrected chi connectivity index (χ4v) is 4.18. The maximum Gasteiger partial charge on any atom is 0.267 e. The molecule has 0 atom stereocenters. The molecule has 0 radical (unpaired) electrons. The Kier molecular flexibility index (Phi) is 5.36. The van der Waals surface area contributed by atoms with E-state index in [2.05, 4.69) is 10.00 Å². The van der Waals surface area contributed by atoms with Crippen molar-refractivity contribution in [2.45, 2.75) is 38.6 Å². The number of ether oxygens (including phenoxy) is 1. The van der Waals surface area contributed by atoms with Crippen molar-refractivity contribution in [2.24, 2.45) is 5.92 Å². The van der Waals surface area contributed by atoms with E-state index in [1.165, 1.54) is 12.8 Å². The Morgan fingerprint density at radius 3 is 2.85 bits per heavy atom. The van der Waals surface area contributed by atoms with Crippen LogP contribution < -0.4 is 5.56 Å². The molecule has 2 aliphatic heterocycles. The molecule has 1 aromatic heterocycles. The van der Waals surface area contributed by atoms with E-state index >= 15 is 0 Å². The highest BCUT2D eigenvalue weighted by Crippen LogP contribution is 2.19. The number of hydrogen-bond acceptors (Lipinski definition) is 5. The van der Waals surface area contributed by atoms with Crippen molar-refractivity contribution in [3.05, 3.63) is 27.7 Å². The van der Waals surface area contributed by atoms with E-state index in [1.807, 2.05) is 4.90 Å². The van der Waals surface area contributed by atoms with Crippen molar-refractivity contribution in [3.8, 4) is 0 Å². The zero-order chi connectivity index (χ0) is 17.9. The first-order valence-electron chi connectivity index (χ1n) is 9.87. The summed E-state index contributed by atoms with van der Waals surface area (Å²) >= 11 is 0. The van der Waals surface area contributed by atoms with Crippen molar-refractivity contribution >= 4 is 5.91 Å². The van der Waals surface area contributed by atoms with Crippen LogP contribution in [0.1, 0.15) is 30.5 Å². The predicted molar refractivity (Wildman–Crippen MR) is 97.1 cm³/mol. The lowest BCUT2D eigenvalue weighted by Gasteiger charge is -2.40. The van der Waals surface area contributed by atoms with Crippen LogP contribution in [0, 0.1) is 5.92 Å². The molecule has 1 amide bonds. The first kappa shape index (κ1) is 17.7. The van der Waals surface area contributed by atoms with E-state index in [1.54, 1.807) is 10.7 Å². The lowest BCUT2D eigenvalue weighted by molar-refractivity contribution is -0.134. The number of carbonyl (C=O) groups excluding carboxylic acids is 1. The van der Waals surface area contributed by atoms with Gasteiger partial charge in [0.25, 0.3) is 5.56 Å². The van der Waals surface area contributed by atoms with Gasteiger partial charge in [0.1, 0.15) is 6.61 Å². The maximum absolute atomic E-state index is 12.3. The average molecular weight is 360 g/mol. The van der Waals surface area contributed by atoms with Crippen LogP contribution in [0.5, 0.6) is 0 Å². The molecule has 7 nitrogen and oxygen atoms in total. The Balaban J connectivity index is 1.25. The largest absolute Gasteiger partial charge is 0.372 e. The Morgan fingerprint density at radius 2 is 1.96 bits per heavy atom. The third-order valence-corrected chi connectivity index (χ3v) is 5.72. The van der Waals surface area contributed by atoms with Gasteiger partial charge in [0.2, 0.25) is 5.91 Å². The Morgan fingerprint density at radius 1 is 1.12 bits per heavy atom. The van der Waals surface area contributed by atoms with Gasteiger partial charge in [-0.3, -0.25) is 9.59 Å². The van der Waals surface area contributed by atoms with Gasteiger partial charge in [-0.15, -0.1) is 0 Å². The van der Waals surface area contributed by atoms with Crippen LogP contribution in [-0.4, -0.2) is 71.4 Å². The first-order chi connectivity index (χ1) is 12.7. The molecule has 7 heteroatoms. The number of rotatable bonds is 5. The van der Waals surface area contributed by atoms with Crippen LogP contribution in [0.15, 0.2) is 10.9 Å². The SMILES string of the molecule is O=C1COCCCN1CCN1CC(Cn2nc3c(cc2=O)CCCC3)C1. The van der Waals surface area contributed by atoms with Crippen LogP contribution in [0.2, 0.25) is 0 Å². The predicted octanol–water partition coefficient (Wildman–Crippen LogP) is 0.303. The molecule has 1 aliphatic carbocycles. The van der Waals surface area contributed by atoms with Crippen molar-refractivity contribution in [1.82, 2.24) is 19.6 Å². The monoisotopic (exact) mass is 360 g/mol. The molecule has 0 unspecified atom stereocenters.